The maximum Gasteiger partial charge on any atom is 0.417 e. The molecule has 0 atom stereocenters. The van der Waals surface area contributed by atoms with Crippen LogP contribution in [0.2, 0.25) is 0 Å². The molecule has 0 aliphatic rings. The summed E-state index contributed by atoms with van der Waals surface area (Å²) in [4.78, 5) is 0. The van der Waals surface area contributed by atoms with E-state index in [-0.39, 0.29) is 5.56 Å². The summed E-state index contributed by atoms with van der Waals surface area (Å²) < 4.78 is 39.3. The Morgan fingerprint density at radius 1 is 0.850 bits per heavy atom. The zero-order valence-corrected chi connectivity index (χ0v) is 11.0. The minimum Gasteiger partial charge on any atom is -0.330 e. The second-order valence-electron chi connectivity index (χ2n) is 4.59. The summed E-state index contributed by atoms with van der Waals surface area (Å²) in [6, 6.07) is 12.9. The molecule has 0 radical (unpaired) electrons. The van der Waals surface area contributed by atoms with Gasteiger partial charge >= 0.3 is 6.18 Å². The van der Waals surface area contributed by atoms with Crippen LogP contribution in [0, 0.1) is 0 Å². The fourth-order valence-corrected chi connectivity index (χ4v) is 2.26. The molecular formula is C16H16F3N. The summed E-state index contributed by atoms with van der Waals surface area (Å²) in [5, 5.41) is 0. The van der Waals surface area contributed by atoms with Crippen LogP contribution in [0.1, 0.15) is 17.5 Å². The van der Waals surface area contributed by atoms with Crippen molar-refractivity contribution in [3.8, 4) is 11.1 Å². The second-order valence-corrected chi connectivity index (χ2v) is 4.59. The first kappa shape index (κ1) is 14.6. The summed E-state index contributed by atoms with van der Waals surface area (Å²) in [5.74, 6) is 0. The maximum atomic E-state index is 13.1. The van der Waals surface area contributed by atoms with Gasteiger partial charge in [0.05, 0.1) is 5.56 Å². The van der Waals surface area contributed by atoms with Crippen LogP contribution in [0.5, 0.6) is 0 Å². The van der Waals surface area contributed by atoms with E-state index in [1.807, 2.05) is 12.1 Å². The van der Waals surface area contributed by atoms with Crippen LogP contribution in [-0.2, 0) is 12.6 Å². The number of hydrogen-bond acceptors (Lipinski definition) is 1. The lowest BCUT2D eigenvalue weighted by molar-refractivity contribution is -0.137. The molecule has 0 amide bonds. The molecule has 2 aromatic carbocycles. The van der Waals surface area contributed by atoms with Gasteiger partial charge in [0.1, 0.15) is 0 Å². The van der Waals surface area contributed by atoms with Crippen LogP contribution < -0.4 is 5.73 Å². The largest absolute Gasteiger partial charge is 0.417 e. The zero-order chi connectivity index (χ0) is 14.6. The summed E-state index contributed by atoms with van der Waals surface area (Å²) in [6.45, 7) is 0.523. The van der Waals surface area contributed by atoms with E-state index in [0.29, 0.717) is 18.5 Å². The molecule has 2 aromatic rings. The fraction of sp³-hybridized carbons (Fsp3) is 0.250. The average molecular weight is 279 g/mol. The number of aryl methyl sites for hydroxylation is 1. The molecule has 2 rings (SSSR count). The first-order valence-corrected chi connectivity index (χ1v) is 6.48. The molecule has 106 valence electrons. The highest BCUT2D eigenvalue weighted by Crippen LogP contribution is 2.38. The Bertz CT molecular complexity index is 576. The maximum absolute atomic E-state index is 13.1. The minimum absolute atomic E-state index is 0.229. The smallest absolute Gasteiger partial charge is 0.330 e. The topological polar surface area (TPSA) is 26.0 Å². The highest BCUT2D eigenvalue weighted by atomic mass is 19.4. The van der Waals surface area contributed by atoms with E-state index in [1.165, 1.54) is 12.1 Å². The van der Waals surface area contributed by atoms with E-state index in [9.17, 15) is 13.2 Å². The molecule has 0 aliphatic heterocycles. The van der Waals surface area contributed by atoms with Crippen molar-refractivity contribution in [1.29, 1.82) is 0 Å². The Labute approximate surface area is 116 Å². The minimum atomic E-state index is -4.35. The normalized spacial score (nSPS) is 11.6. The van der Waals surface area contributed by atoms with Crippen molar-refractivity contribution in [2.24, 2.45) is 5.73 Å². The van der Waals surface area contributed by atoms with Gasteiger partial charge in [-0.25, -0.2) is 0 Å². The van der Waals surface area contributed by atoms with Gasteiger partial charge in [-0.3, -0.25) is 0 Å². The molecular weight excluding hydrogens is 263 g/mol. The summed E-state index contributed by atoms with van der Waals surface area (Å²) >= 11 is 0. The summed E-state index contributed by atoms with van der Waals surface area (Å²) in [5.41, 5.74) is 6.65. The molecule has 0 heterocycles. The number of hydrogen-bond donors (Lipinski definition) is 1. The predicted octanol–water partition coefficient (Wildman–Crippen LogP) is 4.26. The van der Waals surface area contributed by atoms with E-state index >= 15 is 0 Å². The number of halogens is 3. The molecule has 0 aliphatic carbocycles. The zero-order valence-electron chi connectivity index (χ0n) is 11.0. The second kappa shape index (κ2) is 6.09. The highest BCUT2D eigenvalue weighted by Gasteiger charge is 2.33. The molecule has 0 saturated heterocycles. The molecule has 0 fully saturated rings. The lowest BCUT2D eigenvalue weighted by Gasteiger charge is -2.15. The van der Waals surface area contributed by atoms with Crippen molar-refractivity contribution < 1.29 is 13.2 Å². The van der Waals surface area contributed by atoms with Gasteiger partial charge in [-0.2, -0.15) is 13.2 Å². The molecule has 20 heavy (non-hydrogen) atoms. The molecule has 1 nitrogen and oxygen atoms in total. The van der Waals surface area contributed by atoms with Crippen molar-refractivity contribution in [3.63, 3.8) is 0 Å². The molecule has 0 unspecified atom stereocenters. The summed E-state index contributed by atoms with van der Waals surface area (Å²) in [6.07, 6.45) is -2.92. The quantitative estimate of drug-likeness (QED) is 0.889. The van der Waals surface area contributed by atoms with E-state index in [2.05, 4.69) is 0 Å². The first-order chi connectivity index (χ1) is 9.54. The van der Waals surface area contributed by atoms with Gasteiger partial charge in [0.2, 0.25) is 0 Å². The van der Waals surface area contributed by atoms with Gasteiger partial charge in [-0.05, 0) is 42.1 Å². The van der Waals surface area contributed by atoms with Crippen molar-refractivity contribution in [2.75, 3.05) is 6.54 Å². The molecule has 0 bridgehead atoms. The van der Waals surface area contributed by atoms with Gasteiger partial charge in [-0.1, -0.05) is 42.5 Å². The van der Waals surface area contributed by atoms with Crippen LogP contribution >= 0.6 is 0 Å². The monoisotopic (exact) mass is 279 g/mol. The number of alkyl halides is 3. The third-order valence-corrected chi connectivity index (χ3v) is 3.19. The molecule has 0 aromatic heterocycles. The van der Waals surface area contributed by atoms with E-state index in [0.717, 1.165) is 18.1 Å². The van der Waals surface area contributed by atoms with Crippen molar-refractivity contribution in [1.82, 2.24) is 0 Å². The van der Waals surface area contributed by atoms with Gasteiger partial charge in [-0.15, -0.1) is 0 Å². The van der Waals surface area contributed by atoms with Crippen LogP contribution in [0.25, 0.3) is 11.1 Å². The number of benzene rings is 2. The molecule has 4 heteroatoms. The Balaban J connectivity index is 2.52. The fourth-order valence-electron chi connectivity index (χ4n) is 2.26. The standard InChI is InChI=1S/C16H16F3N/c17-16(18,19)15-10-4-3-9-14(15)13-8-2-1-6-12(13)7-5-11-20/h1-4,6,8-10H,5,7,11,20H2. The first-order valence-electron chi connectivity index (χ1n) is 6.48. The van der Waals surface area contributed by atoms with Gasteiger partial charge < -0.3 is 5.73 Å². The molecule has 0 spiro atoms. The lowest BCUT2D eigenvalue weighted by atomic mass is 9.93. The summed E-state index contributed by atoms with van der Waals surface area (Å²) in [7, 11) is 0. The molecule has 2 N–H and O–H groups in total. The Morgan fingerprint density at radius 2 is 1.45 bits per heavy atom. The SMILES string of the molecule is NCCCc1ccccc1-c1ccccc1C(F)(F)F. The van der Waals surface area contributed by atoms with E-state index < -0.39 is 11.7 Å². The Kier molecular flexibility index (Phi) is 4.45. The van der Waals surface area contributed by atoms with Crippen molar-refractivity contribution >= 4 is 0 Å². The number of rotatable bonds is 4. The van der Waals surface area contributed by atoms with E-state index in [1.54, 1.807) is 18.2 Å². The average Bonchev–Trinajstić information content (AvgIpc) is 2.44. The predicted molar refractivity (Wildman–Crippen MR) is 74.3 cm³/mol. The van der Waals surface area contributed by atoms with Crippen LogP contribution in [0.3, 0.4) is 0 Å². The number of nitrogens with two attached hydrogens (primary N) is 1. The van der Waals surface area contributed by atoms with Gasteiger partial charge in [0, 0.05) is 0 Å². The van der Waals surface area contributed by atoms with Gasteiger partial charge in [0.15, 0.2) is 0 Å². The Morgan fingerprint density at radius 3 is 2.10 bits per heavy atom. The van der Waals surface area contributed by atoms with Crippen LogP contribution in [0.15, 0.2) is 48.5 Å². The highest BCUT2D eigenvalue weighted by molar-refractivity contribution is 5.71. The van der Waals surface area contributed by atoms with Crippen molar-refractivity contribution in [2.45, 2.75) is 19.0 Å². The van der Waals surface area contributed by atoms with Crippen molar-refractivity contribution in [3.05, 3.63) is 59.7 Å². The van der Waals surface area contributed by atoms with Crippen LogP contribution in [-0.4, -0.2) is 6.54 Å². The van der Waals surface area contributed by atoms with Gasteiger partial charge in [0.25, 0.3) is 0 Å². The molecule has 0 saturated carbocycles. The third kappa shape index (κ3) is 3.20. The third-order valence-electron chi connectivity index (χ3n) is 3.19. The van der Waals surface area contributed by atoms with E-state index in [4.69, 9.17) is 5.73 Å². The Hall–Kier alpha value is -1.81. The van der Waals surface area contributed by atoms with Crippen LogP contribution in [0.4, 0.5) is 13.2 Å². The lowest BCUT2D eigenvalue weighted by Crippen LogP contribution is -2.08.